The minimum atomic E-state index is -5.06. The van der Waals surface area contributed by atoms with Crippen molar-refractivity contribution in [3.8, 4) is 0 Å². The second-order valence-corrected chi connectivity index (χ2v) is 17.6. The molecule has 0 aromatic carbocycles. The van der Waals surface area contributed by atoms with Crippen LogP contribution in [0.2, 0.25) is 5.21 Å². The summed E-state index contributed by atoms with van der Waals surface area (Å²) < 4.78 is 41.2. The van der Waals surface area contributed by atoms with E-state index in [4.69, 9.17) is 9.47 Å². The molecule has 7 nitrogen and oxygen atoms in total. The Hall–Kier alpha value is -0.782. The fourth-order valence-electron chi connectivity index (χ4n) is 6.17. The first-order valence-electron chi connectivity index (χ1n) is 20.2. The predicted molar refractivity (Wildman–Crippen MR) is 196 cm³/mol. The standard InChI is InChI=1S/C39H77AsO7/c1-3-5-7-9-11-13-15-17-19-21-23-25-27-29-31-33-38(41)46-36-37(35-40(43,44)45)47-39(42)34-32-30-28-26-24-22-20-18-16-14-12-10-8-6-4-2/h37H,3-36H2,1-2H3,(H2,43,44,45). The second-order valence-electron chi connectivity index (χ2n) is 14.0. The third-order valence-corrected chi connectivity index (χ3v) is 11.0. The van der Waals surface area contributed by atoms with Gasteiger partial charge in [0.2, 0.25) is 0 Å². The van der Waals surface area contributed by atoms with E-state index in [0.29, 0.717) is 6.42 Å². The van der Waals surface area contributed by atoms with Crippen molar-refractivity contribution in [1.82, 2.24) is 0 Å². The monoisotopic (exact) mass is 732 g/mol. The van der Waals surface area contributed by atoms with E-state index in [1.807, 2.05) is 0 Å². The van der Waals surface area contributed by atoms with E-state index in [1.165, 1.54) is 154 Å². The molecule has 0 aliphatic heterocycles. The fourth-order valence-corrected chi connectivity index (χ4v) is 7.66. The van der Waals surface area contributed by atoms with Gasteiger partial charge in [0.1, 0.15) is 0 Å². The molecule has 0 aliphatic rings. The Kier molecular flexibility index (Phi) is 34.5. The van der Waals surface area contributed by atoms with E-state index in [0.717, 1.165) is 32.1 Å². The molecule has 0 amide bonds. The van der Waals surface area contributed by atoms with Crippen molar-refractivity contribution in [2.45, 2.75) is 231 Å². The fraction of sp³-hybridized carbons (Fsp3) is 0.949. The van der Waals surface area contributed by atoms with Gasteiger partial charge in [-0.25, -0.2) is 0 Å². The summed E-state index contributed by atoms with van der Waals surface area (Å²) in [6.45, 7) is 4.22. The van der Waals surface area contributed by atoms with Gasteiger partial charge >= 0.3 is 171 Å². The van der Waals surface area contributed by atoms with Crippen molar-refractivity contribution in [3.63, 3.8) is 0 Å². The van der Waals surface area contributed by atoms with Gasteiger partial charge in [-0.15, -0.1) is 0 Å². The number of hydrogen-bond donors (Lipinski definition) is 2. The van der Waals surface area contributed by atoms with Crippen LogP contribution < -0.4 is 0 Å². The zero-order chi connectivity index (χ0) is 34.7. The van der Waals surface area contributed by atoms with Crippen molar-refractivity contribution in [1.29, 1.82) is 0 Å². The van der Waals surface area contributed by atoms with E-state index >= 15 is 0 Å². The smallest absolute Gasteiger partial charge is 0.0654 e. The Bertz CT molecular complexity index is 739. The molecule has 0 heterocycles. The first-order chi connectivity index (χ1) is 22.8. The normalized spacial score (nSPS) is 12.3. The molecule has 0 bridgehead atoms. The summed E-state index contributed by atoms with van der Waals surface area (Å²) in [5, 5.41) is -0.574. The topological polar surface area (TPSA) is 110 Å². The average molecular weight is 733 g/mol. The Balaban J connectivity index is 3.81. The van der Waals surface area contributed by atoms with Crippen molar-refractivity contribution >= 4 is 26.1 Å². The molecule has 47 heavy (non-hydrogen) atoms. The van der Waals surface area contributed by atoms with Gasteiger partial charge in [0.25, 0.3) is 0 Å². The molecule has 0 saturated heterocycles. The minimum Gasteiger partial charge on any atom is -0.0654 e. The van der Waals surface area contributed by atoms with Gasteiger partial charge in [-0.2, -0.15) is 0 Å². The van der Waals surface area contributed by atoms with Gasteiger partial charge in [0, 0.05) is 0 Å². The number of hydrogen-bond acceptors (Lipinski definition) is 5. The summed E-state index contributed by atoms with van der Waals surface area (Å²) >= 11 is -5.06. The number of esters is 2. The SMILES string of the molecule is CCCCCCCCCCCCCCCCCC(=O)OCC(C[As](=O)(O)O)OC(=O)CCCCCCCCCCCCCCCCC. The number of carbonyl (C=O) groups is 2. The van der Waals surface area contributed by atoms with E-state index < -0.39 is 37.4 Å². The molecular weight excluding hydrogens is 655 g/mol. The third kappa shape index (κ3) is 37.9. The van der Waals surface area contributed by atoms with Crippen LogP contribution in [0.25, 0.3) is 0 Å². The van der Waals surface area contributed by atoms with Crippen molar-refractivity contribution in [2.75, 3.05) is 6.61 Å². The summed E-state index contributed by atoms with van der Waals surface area (Å²) in [7, 11) is 0. The van der Waals surface area contributed by atoms with Crippen LogP contribution in [-0.2, 0) is 22.8 Å². The first kappa shape index (κ1) is 46.2. The Morgan fingerprint density at radius 2 is 0.745 bits per heavy atom. The van der Waals surface area contributed by atoms with E-state index in [-0.39, 0.29) is 19.4 Å². The molecule has 0 aromatic heterocycles. The Morgan fingerprint density at radius 1 is 0.468 bits per heavy atom. The van der Waals surface area contributed by atoms with Crippen LogP contribution >= 0.6 is 0 Å². The summed E-state index contributed by atoms with van der Waals surface area (Å²) in [6, 6.07) is 0. The third-order valence-electron chi connectivity index (χ3n) is 9.14. The predicted octanol–water partition coefficient (Wildman–Crippen LogP) is 11.3. The summed E-state index contributed by atoms with van der Waals surface area (Å²) in [6.07, 6.45) is 36.8. The maximum absolute atomic E-state index is 12.3. The molecule has 8 heteroatoms. The van der Waals surface area contributed by atoms with Gasteiger partial charge in [0.05, 0.1) is 0 Å². The van der Waals surface area contributed by atoms with Crippen LogP contribution in [0.5, 0.6) is 0 Å². The Labute approximate surface area is 293 Å². The minimum absolute atomic E-state index is 0.218. The van der Waals surface area contributed by atoms with Gasteiger partial charge in [-0.05, 0) is 0 Å². The molecule has 2 N–H and O–H groups in total. The molecule has 1 unspecified atom stereocenters. The van der Waals surface area contributed by atoms with Crippen molar-refractivity contribution in [3.05, 3.63) is 0 Å². The molecule has 0 spiro atoms. The molecule has 0 aliphatic carbocycles. The van der Waals surface area contributed by atoms with E-state index in [9.17, 15) is 21.5 Å². The Morgan fingerprint density at radius 3 is 1.04 bits per heavy atom. The number of unbranched alkanes of at least 4 members (excludes halogenated alkanes) is 28. The van der Waals surface area contributed by atoms with E-state index in [2.05, 4.69) is 13.8 Å². The van der Waals surface area contributed by atoms with Crippen LogP contribution in [0.1, 0.15) is 219 Å². The molecule has 0 saturated carbocycles. The van der Waals surface area contributed by atoms with Gasteiger partial charge in [-0.3, -0.25) is 0 Å². The van der Waals surface area contributed by atoms with Crippen LogP contribution in [-0.4, -0.2) is 47.0 Å². The molecule has 0 fully saturated rings. The van der Waals surface area contributed by atoms with Gasteiger partial charge < -0.3 is 0 Å². The van der Waals surface area contributed by atoms with Crippen LogP contribution in [0.4, 0.5) is 0 Å². The number of rotatable bonds is 37. The quantitative estimate of drug-likeness (QED) is 0.0372. The van der Waals surface area contributed by atoms with Crippen LogP contribution in [0.3, 0.4) is 0 Å². The molecule has 280 valence electrons. The molecule has 0 radical (unpaired) electrons. The number of carbonyl (C=O) groups excluding carboxylic acids is 2. The zero-order valence-electron chi connectivity index (χ0n) is 31.0. The summed E-state index contributed by atoms with van der Waals surface area (Å²) in [4.78, 5) is 24.5. The van der Waals surface area contributed by atoms with Gasteiger partial charge in [0.15, 0.2) is 0 Å². The molecule has 0 rings (SSSR count). The maximum atomic E-state index is 12.3. The van der Waals surface area contributed by atoms with Gasteiger partial charge in [-0.1, -0.05) is 123 Å². The van der Waals surface area contributed by atoms with Crippen molar-refractivity contribution < 1.29 is 31.0 Å². The average Bonchev–Trinajstić information content (AvgIpc) is 3.03. The zero-order valence-corrected chi connectivity index (χ0v) is 32.9. The first-order valence-corrected chi connectivity index (χ1v) is 23.9. The van der Waals surface area contributed by atoms with Crippen LogP contribution in [0.15, 0.2) is 0 Å². The molecule has 1 atom stereocenters. The second kappa shape index (κ2) is 35.1. The summed E-state index contributed by atoms with van der Waals surface area (Å²) in [5.74, 6) is -0.881. The van der Waals surface area contributed by atoms with Crippen LogP contribution in [0, 0.1) is 0 Å². The van der Waals surface area contributed by atoms with E-state index in [1.54, 1.807) is 0 Å². The summed E-state index contributed by atoms with van der Waals surface area (Å²) in [5.41, 5.74) is 0. The van der Waals surface area contributed by atoms with Crippen molar-refractivity contribution in [2.24, 2.45) is 0 Å². The molecular formula is C39H77AsO7. The number of ether oxygens (including phenoxy) is 2. The molecule has 0 aromatic rings.